The molecule has 0 bridgehead atoms. The Morgan fingerprint density at radius 2 is 2.11 bits per heavy atom. The van der Waals surface area contributed by atoms with Crippen molar-refractivity contribution in [2.24, 2.45) is 0 Å². The molecule has 1 atom stereocenters. The molecule has 1 aliphatic rings. The monoisotopic (exact) mass is 257 g/mol. The second kappa shape index (κ2) is 4.93. The van der Waals surface area contributed by atoms with Crippen LogP contribution in [0.5, 0.6) is 0 Å². The number of nitriles is 1. The van der Waals surface area contributed by atoms with Gasteiger partial charge in [0.15, 0.2) is 6.19 Å². The van der Waals surface area contributed by atoms with E-state index in [2.05, 4.69) is 32.0 Å². The summed E-state index contributed by atoms with van der Waals surface area (Å²) >= 11 is 0. The van der Waals surface area contributed by atoms with E-state index < -0.39 is 0 Å². The number of carbonyl (C=O) groups excluding carboxylic acids is 1. The topological polar surface area (TPSA) is 47.3 Å². The SMILES string of the molecule is Cc1ccc(C(C)C)cc1C1CN(C#N)C(=O)N1C. The lowest BCUT2D eigenvalue weighted by Crippen LogP contribution is -2.26. The van der Waals surface area contributed by atoms with E-state index in [-0.39, 0.29) is 12.1 Å². The maximum absolute atomic E-state index is 11.9. The molecule has 0 N–H and O–H groups in total. The molecule has 0 spiro atoms. The van der Waals surface area contributed by atoms with Crippen LogP contribution in [0.3, 0.4) is 0 Å². The number of hydrogen-bond acceptors (Lipinski definition) is 2. The van der Waals surface area contributed by atoms with Crippen molar-refractivity contribution in [2.75, 3.05) is 13.6 Å². The molecule has 19 heavy (non-hydrogen) atoms. The molecule has 1 heterocycles. The minimum atomic E-state index is -0.221. The van der Waals surface area contributed by atoms with E-state index in [1.54, 1.807) is 11.9 Å². The second-order valence-corrected chi connectivity index (χ2v) is 5.39. The van der Waals surface area contributed by atoms with Gasteiger partial charge in [-0.05, 0) is 29.5 Å². The average molecular weight is 257 g/mol. The zero-order valence-electron chi connectivity index (χ0n) is 11.8. The summed E-state index contributed by atoms with van der Waals surface area (Å²) in [4.78, 5) is 14.7. The average Bonchev–Trinajstić information content (AvgIpc) is 2.66. The van der Waals surface area contributed by atoms with Gasteiger partial charge in [-0.15, -0.1) is 0 Å². The molecule has 2 rings (SSSR count). The van der Waals surface area contributed by atoms with Crippen LogP contribution < -0.4 is 0 Å². The van der Waals surface area contributed by atoms with Crippen LogP contribution in [-0.4, -0.2) is 29.4 Å². The van der Waals surface area contributed by atoms with Crippen LogP contribution >= 0.6 is 0 Å². The third kappa shape index (κ3) is 2.28. The van der Waals surface area contributed by atoms with Crippen molar-refractivity contribution < 1.29 is 4.79 Å². The Hall–Kier alpha value is -2.02. The Kier molecular flexibility index (Phi) is 3.48. The smallest absolute Gasteiger partial charge is 0.318 e. The minimum absolute atomic E-state index is 0.0363. The third-order valence-electron chi connectivity index (χ3n) is 3.81. The van der Waals surface area contributed by atoms with Gasteiger partial charge in [0, 0.05) is 7.05 Å². The molecule has 4 nitrogen and oxygen atoms in total. The lowest BCUT2D eigenvalue weighted by molar-refractivity contribution is 0.205. The summed E-state index contributed by atoms with van der Waals surface area (Å²) in [7, 11) is 1.76. The van der Waals surface area contributed by atoms with Crippen LogP contribution in [0.25, 0.3) is 0 Å². The van der Waals surface area contributed by atoms with E-state index in [1.807, 2.05) is 13.1 Å². The van der Waals surface area contributed by atoms with Crippen LogP contribution in [0.2, 0.25) is 0 Å². The summed E-state index contributed by atoms with van der Waals surface area (Å²) in [6.45, 7) is 6.79. The first-order chi connectivity index (χ1) is 8.95. The number of likely N-dealkylation sites (N-methyl/N-ethyl adjacent to an activating group) is 1. The number of carbonyl (C=O) groups is 1. The molecule has 1 fully saturated rings. The Bertz CT molecular complexity index is 545. The fraction of sp³-hybridized carbons (Fsp3) is 0.467. The molecule has 1 aliphatic heterocycles. The van der Waals surface area contributed by atoms with E-state index in [9.17, 15) is 4.79 Å². The lowest BCUT2D eigenvalue weighted by Gasteiger charge is -2.21. The molecule has 0 aliphatic carbocycles. The van der Waals surface area contributed by atoms with E-state index in [4.69, 9.17) is 5.26 Å². The van der Waals surface area contributed by atoms with E-state index in [1.165, 1.54) is 10.5 Å². The quantitative estimate of drug-likeness (QED) is 0.765. The first kappa shape index (κ1) is 13.4. The molecule has 2 amide bonds. The number of hydrogen-bond donors (Lipinski definition) is 0. The van der Waals surface area contributed by atoms with Gasteiger partial charge in [0.25, 0.3) is 0 Å². The molecule has 1 aromatic rings. The fourth-order valence-corrected chi connectivity index (χ4v) is 2.46. The van der Waals surface area contributed by atoms with E-state index >= 15 is 0 Å². The molecule has 4 heteroatoms. The number of urea groups is 1. The Morgan fingerprint density at radius 3 is 2.63 bits per heavy atom. The van der Waals surface area contributed by atoms with Crippen molar-refractivity contribution in [2.45, 2.75) is 32.7 Å². The van der Waals surface area contributed by atoms with Gasteiger partial charge >= 0.3 is 6.03 Å². The van der Waals surface area contributed by atoms with Gasteiger partial charge in [-0.2, -0.15) is 5.26 Å². The Balaban J connectivity index is 2.40. The molecule has 1 saturated heterocycles. The highest BCUT2D eigenvalue weighted by molar-refractivity contribution is 5.78. The molecular formula is C15H19N3O. The van der Waals surface area contributed by atoms with Crippen LogP contribution in [0.1, 0.15) is 42.5 Å². The summed E-state index contributed by atoms with van der Waals surface area (Å²) in [5, 5.41) is 8.96. The largest absolute Gasteiger partial charge is 0.333 e. The van der Waals surface area contributed by atoms with Crippen molar-refractivity contribution in [3.05, 3.63) is 34.9 Å². The van der Waals surface area contributed by atoms with Crippen molar-refractivity contribution in [1.82, 2.24) is 9.80 Å². The Morgan fingerprint density at radius 1 is 1.42 bits per heavy atom. The zero-order chi connectivity index (χ0) is 14.2. The number of benzene rings is 1. The van der Waals surface area contributed by atoms with Crippen LogP contribution in [0, 0.1) is 18.4 Å². The van der Waals surface area contributed by atoms with Gasteiger partial charge in [0.2, 0.25) is 0 Å². The van der Waals surface area contributed by atoms with Gasteiger partial charge in [-0.25, -0.2) is 9.69 Å². The summed E-state index contributed by atoms with van der Waals surface area (Å²) in [5.74, 6) is 0.453. The van der Waals surface area contributed by atoms with Gasteiger partial charge in [-0.1, -0.05) is 32.0 Å². The molecule has 0 aromatic heterocycles. The Labute approximate surface area is 114 Å². The van der Waals surface area contributed by atoms with Crippen molar-refractivity contribution in [1.29, 1.82) is 5.26 Å². The first-order valence-corrected chi connectivity index (χ1v) is 6.50. The van der Waals surface area contributed by atoms with E-state index in [0.29, 0.717) is 12.5 Å². The first-order valence-electron chi connectivity index (χ1n) is 6.50. The van der Waals surface area contributed by atoms with Crippen molar-refractivity contribution in [3.8, 4) is 6.19 Å². The number of aryl methyl sites for hydroxylation is 1. The van der Waals surface area contributed by atoms with E-state index in [0.717, 1.165) is 11.1 Å². The summed E-state index contributed by atoms with van der Waals surface area (Å²) < 4.78 is 0. The summed E-state index contributed by atoms with van der Waals surface area (Å²) in [6, 6.07) is 6.13. The van der Waals surface area contributed by atoms with Gasteiger partial charge in [0.05, 0.1) is 12.6 Å². The van der Waals surface area contributed by atoms with Gasteiger partial charge < -0.3 is 4.90 Å². The number of rotatable bonds is 2. The lowest BCUT2D eigenvalue weighted by atomic mass is 9.94. The highest BCUT2D eigenvalue weighted by Crippen LogP contribution is 2.31. The second-order valence-electron chi connectivity index (χ2n) is 5.39. The number of amides is 2. The molecule has 1 aromatic carbocycles. The van der Waals surface area contributed by atoms with Gasteiger partial charge in [-0.3, -0.25) is 0 Å². The molecule has 0 radical (unpaired) electrons. The standard InChI is InChI=1S/C15H19N3O/c1-10(2)12-6-5-11(3)13(7-12)14-8-18(9-16)15(19)17(14)4/h5-7,10,14H,8H2,1-4H3. The highest BCUT2D eigenvalue weighted by Gasteiger charge is 2.36. The zero-order valence-corrected chi connectivity index (χ0v) is 11.8. The molecule has 0 saturated carbocycles. The fourth-order valence-electron chi connectivity index (χ4n) is 2.46. The number of nitrogens with zero attached hydrogens (tertiary/aromatic N) is 3. The van der Waals surface area contributed by atoms with Gasteiger partial charge in [0.1, 0.15) is 0 Å². The highest BCUT2D eigenvalue weighted by atomic mass is 16.2. The molecule has 1 unspecified atom stereocenters. The third-order valence-corrected chi connectivity index (χ3v) is 3.81. The summed E-state index contributed by atoms with van der Waals surface area (Å²) in [6.07, 6.45) is 1.94. The van der Waals surface area contributed by atoms with Crippen molar-refractivity contribution in [3.63, 3.8) is 0 Å². The van der Waals surface area contributed by atoms with Crippen LogP contribution in [0.15, 0.2) is 18.2 Å². The molecular weight excluding hydrogens is 238 g/mol. The maximum Gasteiger partial charge on any atom is 0.333 e. The summed E-state index contributed by atoms with van der Waals surface area (Å²) in [5.41, 5.74) is 3.56. The predicted molar refractivity (Wildman–Crippen MR) is 73.5 cm³/mol. The normalized spacial score (nSPS) is 19.2. The minimum Gasteiger partial charge on any atom is -0.318 e. The van der Waals surface area contributed by atoms with Crippen LogP contribution in [0.4, 0.5) is 4.79 Å². The predicted octanol–water partition coefficient (Wildman–Crippen LogP) is 3.01. The van der Waals surface area contributed by atoms with Crippen molar-refractivity contribution >= 4 is 6.03 Å². The maximum atomic E-state index is 11.9. The molecule has 100 valence electrons. The van der Waals surface area contributed by atoms with Crippen LogP contribution in [-0.2, 0) is 0 Å².